The SMILES string of the molecule is CC(C1CC1)N(C)c1cc(Br)ccc1C#N. The maximum Gasteiger partial charge on any atom is 0.101 e. The zero-order chi connectivity index (χ0) is 11.7. The molecule has 0 spiro atoms. The molecule has 0 amide bonds. The minimum atomic E-state index is 0.515. The summed E-state index contributed by atoms with van der Waals surface area (Å²) in [7, 11) is 2.08. The van der Waals surface area contributed by atoms with Gasteiger partial charge < -0.3 is 4.90 Å². The summed E-state index contributed by atoms with van der Waals surface area (Å²) in [6.45, 7) is 2.24. The molecule has 0 bridgehead atoms. The number of halogens is 1. The van der Waals surface area contributed by atoms with Crippen LogP contribution in [0.2, 0.25) is 0 Å². The summed E-state index contributed by atoms with van der Waals surface area (Å²) in [5.41, 5.74) is 1.77. The molecule has 1 fully saturated rings. The van der Waals surface area contributed by atoms with E-state index in [4.69, 9.17) is 5.26 Å². The summed E-state index contributed by atoms with van der Waals surface area (Å²) < 4.78 is 1.02. The highest BCUT2D eigenvalue weighted by Crippen LogP contribution is 2.37. The van der Waals surface area contributed by atoms with Crippen molar-refractivity contribution in [3.8, 4) is 6.07 Å². The fraction of sp³-hybridized carbons (Fsp3) is 0.462. The normalized spacial score (nSPS) is 16.6. The van der Waals surface area contributed by atoms with E-state index in [1.54, 1.807) is 0 Å². The van der Waals surface area contributed by atoms with Crippen molar-refractivity contribution in [2.24, 2.45) is 5.92 Å². The number of anilines is 1. The largest absolute Gasteiger partial charge is 0.371 e. The average Bonchev–Trinajstić information content (AvgIpc) is 3.11. The third kappa shape index (κ3) is 2.22. The topological polar surface area (TPSA) is 27.0 Å². The van der Waals surface area contributed by atoms with Gasteiger partial charge in [0.1, 0.15) is 6.07 Å². The molecule has 1 saturated carbocycles. The predicted molar refractivity (Wildman–Crippen MR) is 69.4 cm³/mol. The Morgan fingerprint density at radius 1 is 1.50 bits per heavy atom. The van der Waals surface area contributed by atoms with Crippen LogP contribution in [-0.4, -0.2) is 13.1 Å². The minimum absolute atomic E-state index is 0.515. The van der Waals surface area contributed by atoms with Gasteiger partial charge >= 0.3 is 0 Å². The molecule has 0 aliphatic heterocycles. The molecule has 1 aliphatic rings. The lowest BCUT2D eigenvalue weighted by molar-refractivity contribution is 0.609. The van der Waals surface area contributed by atoms with Crippen LogP contribution in [0.5, 0.6) is 0 Å². The third-order valence-electron chi connectivity index (χ3n) is 3.38. The van der Waals surface area contributed by atoms with Gasteiger partial charge in [0, 0.05) is 17.6 Å². The Morgan fingerprint density at radius 2 is 2.19 bits per heavy atom. The van der Waals surface area contributed by atoms with Gasteiger partial charge in [-0.2, -0.15) is 5.26 Å². The molecule has 1 aromatic rings. The summed E-state index contributed by atoms with van der Waals surface area (Å²) in [6, 6.07) is 8.58. The smallest absolute Gasteiger partial charge is 0.101 e. The highest BCUT2D eigenvalue weighted by atomic mass is 79.9. The summed E-state index contributed by atoms with van der Waals surface area (Å²) in [6.07, 6.45) is 2.64. The zero-order valence-corrected chi connectivity index (χ0v) is 11.2. The monoisotopic (exact) mass is 278 g/mol. The van der Waals surface area contributed by atoms with E-state index in [9.17, 15) is 0 Å². The lowest BCUT2D eigenvalue weighted by Gasteiger charge is -2.28. The highest BCUT2D eigenvalue weighted by Gasteiger charge is 2.31. The second-order valence-electron chi connectivity index (χ2n) is 4.46. The van der Waals surface area contributed by atoms with Crippen LogP contribution in [0.3, 0.4) is 0 Å². The van der Waals surface area contributed by atoms with Crippen molar-refractivity contribution < 1.29 is 0 Å². The van der Waals surface area contributed by atoms with Crippen molar-refractivity contribution in [3.05, 3.63) is 28.2 Å². The van der Waals surface area contributed by atoms with Crippen LogP contribution in [0, 0.1) is 17.2 Å². The third-order valence-corrected chi connectivity index (χ3v) is 3.87. The van der Waals surface area contributed by atoms with Crippen molar-refractivity contribution in [2.45, 2.75) is 25.8 Å². The van der Waals surface area contributed by atoms with Gasteiger partial charge in [0.2, 0.25) is 0 Å². The summed E-state index contributed by atoms with van der Waals surface area (Å²) in [5, 5.41) is 9.10. The minimum Gasteiger partial charge on any atom is -0.371 e. The number of rotatable bonds is 3. The molecule has 1 aliphatic carbocycles. The summed E-state index contributed by atoms with van der Waals surface area (Å²) in [4.78, 5) is 2.22. The van der Waals surface area contributed by atoms with Crippen LogP contribution in [0.1, 0.15) is 25.3 Å². The highest BCUT2D eigenvalue weighted by molar-refractivity contribution is 9.10. The van der Waals surface area contributed by atoms with Crippen LogP contribution >= 0.6 is 15.9 Å². The number of nitriles is 1. The van der Waals surface area contributed by atoms with Crippen molar-refractivity contribution in [1.82, 2.24) is 0 Å². The number of benzene rings is 1. The maximum atomic E-state index is 9.10. The molecule has 1 atom stereocenters. The predicted octanol–water partition coefficient (Wildman–Crippen LogP) is 3.56. The van der Waals surface area contributed by atoms with Crippen LogP contribution in [0.25, 0.3) is 0 Å². The van der Waals surface area contributed by atoms with E-state index in [-0.39, 0.29) is 0 Å². The molecule has 0 heterocycles. The van der Waals surface area contributed by atoms with Crippen LogP contribution in [0.15, 0.2) is 22.7 Å². The number of nitrogens with zero attached hydrogens (tertiary/aromatic N) is 2. The Balaban J connectivity index is 2.30. The first-order valence-corrected chi connectivity index (χ1v) is 6.35. The molecule has 0 radical (unpaired) electrons. The second kappa shape index (κ2) is 4.47. The lowest BCUT2D eigenvalue weighted by atomic mass is 10.1. The lowest BCUT2D eigenvalue weighted by Crippen LogP contribution is -2.31. The second-order valence-corrected chi connectivity index (χ2v) is 5.38. The Bertz CT molecular complexity index is 432. The molecule has 1 unspecified atom stereocenters. The Hall–Kier alpha value is -1.01. The number of hydrogen-bond acceptors (Lipinski definition) is 2. The fourth-order valence-corrected chi connectivity index (χ4v) is 2.35. The summed E-state index contributed by atoms with van der Waals surface area (Å²) >= 11 is 3.46. The van der Waals surface area contributed by atoms with Gasteiger partial charge in [0.25, 0.3) is 0 Å². The first-order valence-electron chi connectivity index (χ1n) is 5.56. The van der Waals surface area contributed by atoms with E-state index in [0.717, 1.165) is 21.6 Å². The molecule has 2 rings (SSSR count). The zero-order valence-electron chi connectivity index (χ0n) is 9.57. The number of hydrogen-bond donors (Lipinski definition) is 0. The van der Waals surface area contributed by atoms with Gasteiger partial charge in [-0.1, -0.05) is 15.9 Å². The van der Waals surface area contributed by atoms with E-state index in [1.165, 1.54) is 12.8 Å². The Labute approximate surface area is 105 Å². The summed E-state index contributed by atoms with van der Waals surface area (Å²) in [5.74, 6) is 0.801. The van der Waals surface area contributed by atoms with Crippen molar-refractivity contribution in [1.29, 1.82) is 5.26 Å². The Kier molecular flexibility index (Phi) is 3.20. The average molecular weight is 279 g/mol. The van der Waals surface area contributed by atoms with E-state index >= 15 is 0 Å². The molecule has 1 aromatic carbocycles. The molecule has 3 heteroatoms. The molecular weight excluding hydrogens is 264 g/mol. The Morgan fingerprint density at radius 3 is 2.75 bits per heavy atom. The quantitative estimate of drug-likeness (QED) is 0.846. The first-order chi connectivity index (χ1) is 7.63. The maximum absolute atomic E-state index is 9.10. The molecule has 2 nitrogen and oxygen atoms in total. The van der Waals surface area contributed by atoms with Gasteiger partial charge in [-0.3, -0.25) is 0 Å². The van der Waals surface area contributed by atoms with Crippen LogP contribution in [-0.2, 0) is 0 Å². The van der Waals surface area contributed by atoms with Crippen molar-refractivity contribution in [3.63, 3.8) is 0 Å². The van der Waals surface area contributed by atoms with Crippen LogP contribution in [0.4, 0.5) is 5.69 Å². The van der Waals surface area contributed by atoms with Crippen molar-refractivity contribution >= 4 is 21.6 Å². The standard InChI is InChI=1S/C13H15BrN2/c1-9(10-3-4-10)16(2)13-7-12(14)6-5-11(13)8-15/h5-7,9-10H,3-4H2,1-2H3. The van der Waals surface area contributed by atoms with E-state index < -0.39 is 0 Å². The van der Waals surface area contributed by atoms with E-state index in [1.807, 2.05) is 18.2 Å². The van der Waals surface area contributed by atoms with Gasteiger partial charge in [0.15, 0.2) is 0 Å². The fourth-order valence-electron chi connectivity index (χ4n) is 2.01. The van der Waals surface area contributed by atoms with Gasteiger partial charge in [-0.25, -0.2) is 0 Å². The van der Waals surface area contributed by atoms with Crippen molar-refractivity contribution in [2.75, 3.05) is 11.9 Å². The molecule has 84 valence electrons. The first kappa shape index (κ1) is 11.5. The van der Waals surface area contributed by atoms with E-state index in [0.29, 0.717) is 6.04 Å². The molecule has 16 heavy (non-hydrogen) atoms. The molecule has 0 N–H and O–H groups in total. The molecule has 0 saturated heterocycles. The van der Waals surface area contributed by atoms with Crippen LogP contribution < -0.4 is 4.90 Å². The molecule has 0 aromatic heterocycles. The van der Waals surface area contributed by atoms with Gasteiger partial charge in [-0.05, 0) is 43.9 Å². The van der Waals surface area contributed by atoms with Gasteiger partial charge in [-0.15, -0.1) is 0 Å². The van der Waals surface area contributed by atoms with Gasteiger partial charge in [0.05, 0.1) is 11.3 Å². The molecular formula is C13H15BrN2. The van der Waals surface area contributed by atoms with E-state index in [2.05, 4.69) is 40.9 Å².